The van der Waals surface area contributed by atoms with Crippen LogP contribution >= 0.6 is 11.8 Å². The fourth-order valence-corrected chi connectivity index (χ4v) is 2.74. The van der Waals surface area contributed by atoms with Crippen molar-refractivity contribution in [2.75, 3.05) is 11.9 Å². The number of alkyl halides is 2. The third-order valence-electron chi connectivity index (χ3n) is 3.44. The summed E-state index contributed by atoms with van der Waals surface area (Å²) in [5, 5.41) is 3.34. The second-order valence-electron chi connectivity index (χ2n) is 5.30. The van der Waals surface area contributed by atoms with Crippen molar-refractivity contribution in [3.63, 3.8) is 0 Å². The van der Waals surface area contributed by atoms with Crippen LogP contribution in [0.4, 0.5) is 14.5 Å². The monoisotopic (exact) mass is 315 g/mol. The third-order valence-corrected chi connectivity index (χ3v) is 4.16. The molecule has 0 heterocycles. The highest BCUT2D eigenvalue weighted by Crippen LogP contribution is 2.26. The Bertz CT molecular complexity index is 354. The van der Waals surface area contributed by atoms with Crippen LogP contribution in [-0.2, 0) is 0 Å². The van der Waals surface area contributed by atoms with Gasteiger partial charge in [0.1, 0.15) is 0 Å². The highest BCUT2D eigenvalue weighted by Gasteiger charge is 2.04. The van der Waals surface area contributed by atoms with Crippen LogP contribution in [0.15, 0.2) is 29.2 Å². The molecular formula is C17H27F2NS. The lowest BCUT2D eigenvalue weighted by Crippen LogP contribution is -2.01. The maximum absolute atomic E-state index is 12.2. The first-order chi connectivity index (χ1) is 10.2. The normalized spacial score (nSPS) is 11.0. The molecule has 21 heavy (non-hydrogen) atoms. The Morgan fingerprint density at radius 2 is 1.48 bits per heavy atom. The summed E-state index contributed by atoms with van der Waals surface area (Å²) in [5.74, 6) is -2.35. The molecule has 0 bridgehead atoms. The van der Waals surface area contributed by atoms with Crippen molar-refractivity contribution in [3.8, 4) is 0 Å². The molecule has 1 aromatic carbocycles. The van der Waals surface area contributed by atoms with Gasteiger partial charge in [-0.2, -0.15) is 8.78 Å². The van der Waals surface area contributed by atoms with Gasteiger partial charge >= 0.3 is 0 Å². The molecule has 4 heteroatoms. The van der Waals surface area contributed by atoms with Gasteiger partial charge in [0, 0.05) is 17.1 Å². The molecule has 0 spiro atoms. The molecule has 1 N–H and O–H groups in total. The maximum Gasteiger partial charge on any atom is 0.288 e. The second kappa shape index (κ2) is 11.8. The molecule has 0 unspecified atom stereocenters. The van der Waals surface area contributed by atoms with Crippen LogP contribution in [-0.4, -0.2) is 12.3 Å². The second-order valence-corrected chi connectivity index (χ2v) is 6.37. The fraction of sp³-hybridized carbons (Fsp3) is 0.647. The lowest BCUT2D eigenvalue weighted by atomic mass is 10.1. The zero-order chi connectivity index (χ0) is 15.3. The highest BCUT2D eigenvalue weighted by molar-refractivity contribution is 7.99. The van der Waals surface area contributed by atoms with E-state index in [9.17, 15) is 8.78 Å². The van der Waals surface area contributed by atoms with Crippen molar-refractivity contribution in [1.29, 1.82) is 0 Å². The first-order valence-electron chi connectivity index (χ1n) is 8.01. The van der Waals surface area contributed by atoms with Crippen molar-refractivity contribution < 1.29 is 8.78 Å². The molecule has 0 aliphatic heterocycles. The summed E-state index contributed by atoms with van der Waals surface area (Å²) >= 11 is 0.589. The van der Waals surface area contributed by atoms with E-state index >= 15 is 0 Å². The van der Waals surface area contributed by atoms with Gasteiger partial charge in [-0.05, 0) is 30.7 Å². The van der Waals surface area contributed by atoms with Gasteiger partial charge in [-0.1, -0.05) is 63.6 Å². The molecular weight excluding hydrogens is 288 g/mol. The number of rotatable bonds is 12. The smallest absolute Gasteiger partial charge is 0.288 e. The van der Waals surface area contributed by atoms with E-state index < -0.39 is 5.76 Å². The number of nitrogens with one attached hydrogen (secondary N) is 1. The molecule has 0 saturated heterocycles. The van der Waals surface area contributed by atoms with E-state index in [2.05, 4.69) is 12.2 Å². The molecule has 1 aromatic rings. The van der Waals surface area contributed by atoms with Crippen molar-refractivity contribution in [2.24, 2.45) is 0 Å². The summed E-state index contributed by atoms with van der Waals surface area (Å²) in [6.07, 6.45) is 10.5. The maximum atomic E-state index is 12.2. The minimum atomic E-state index is -2.35. The molecule has 0 aromatic heterocycles. The molecule has 0 fully saturated rings. The van der Waals surface area contributed by atoms with Gasteiger partial charge in [-0.3, -0.25) is 0 Å². The van der Waals surface area contributed by atoms with Gasteiger partial charge in [0.15, 0.2) is 0 Å². The molecule has 1 nitrogen and oxygen atoms in total. The Kier molecular flexibility index (Phi) is 10.3. The average Bonchev–Trinajstić information content (AvgIpc) is 2.47. The van der Waals surface area contributed by atoms with Crippen LogP contribution in [0.1, 0.15) is 58.3 Å². The minimum absolute atomic E-state index is 0.589. The number of halogens is 2. The zero-order valence-electron chi connectivity index (χ0n) is 12.9. The summed E-state index contributed by atoms with van der Waals surface area (Å²) in [6, 6.07) is 7.23. The number of hydrogen-bond acceptors (Lipinski definition) is 2. The Balaban J connectivity index is 2.02. The average molecular weight is 315 g/mol. The summed E-state index contributed by atoms with van der Waals surface area (Å²) < 4.78 is 24.4. The number of hydrogen-bond donors (Lipinski definition) is 1. The topological polar surface area (TPSA) is 12.0 Å². The van der Waals surface area contributed by atoms with Crippen LogP contribution in [0.5, 0.6) is 0 Å². The van der Waals surface area contributed by atoms with E-state index in [1.54, 1.807) is 12.1 Å². The Morgan fingerprint density at radius 3 is 2.05 bits per heavy atom. The molecule has 0 saturated carbocycles. The van der Waals surface area contributed by atoms with Crippen molar-refractivity contribution in [2.45, 2.75) is 68.9 Å². The fourth-order valence-electron chi connectivity index (χ4n) is 2.25. The van der Waals surface area contributed by atoms with E-state index in [1.807, 2.05) is 12.1 Å². The Hall–Kier alpha value is -0.770. The summed E-state index contributed by atoms with van der Waals surface area (Å²) in [7, 11) is 0. The van der Waals surface area contributed by atoms with Crippen LogP contribution < -0.4 is 5.32 Å². The third kappa shape index (κ3) is 9.72. The van der Waals surface area contributed by atoms with Crippen molar-refractivity contribution >= 4 is 17.4 Å². The van der Waals surface area contributed by atoms with Crippen molar-refractivity contribution in [1.82, 2.24) is 0 Å². The lowest BCUT2D eigenvalue weighted by molar-refractivity contribution is 0.252. The number of unbranched alkanes of at least 4 members (excludes halogenated alkanes) is 7. The van der Waals surface area contributed by atoms with Gasteiger partial charge < -0.3 is 5.32 Å². The SMILES string of the molecule is CCCCCCCCCCNc1ccc(SC(F)F)cc1. The first-order valence-corrected chi connectivity index (χ1v) is 8.89. The first kappa shape index (κ1) is 18.3. The molecule has 0 radical (unpaired) electrons. The van der Waals surface area contributed by atoms with E-state index in [0.717, 1.165) is 12.2 Å². The van der Waals surface area contributed by atoms with E-state index in [0.29, 0.717) is 16.7 Å². The van der Waals surface area contributed by atoms with Gasteiger partial charge in [0.2, 0.25) is 0 Å². The largest absolute Gasteiger partial charge is 0.385 e. The summed E-state index contributed by atoms with van der Waals surface area (Å²) in [4.78, 5) is 0.614. The van der Waals surface area contributed by atoms with Crippen LogP contribution in [0, 0.1) is 0 Å². The Labute approximate surface area is 131 Å². The summed E-state index contributed by atoms with van der Waals surface area (Å²) in [6.45, 7) is 3.20. The summed E-state index contributed by atoms with van der Waals surface area (Å²) in [5.41, 5.74) is 1.01. The van der Waals surface area contributed by atoms with Gasteiger partial charge in [-0.15, -0.1) is 0 Å². The quantitative estimate of drug-likeness (QED) is 0.346. The molecule has 1 rings (SSSR count). The van der Waals surface area contributed by atoms with Crippen LogP contribution in [0.25, 0.3) is 0 Å². The zero-order valence-corrected chi connectivity index (χ0v) is 13.7. The number of anilines is 1. The van der Waals surface area contributed by atoms with Crippen LogP contribution in [0.3, 0.4) is 0 Å². The molecule has 0 amide bonds. The van der Waals surface area contributed by atoms with E-state index in [1.165, 1.54) is 51.4 Å². The lowest BCUT2D eigenvalue weighted by Gasteiger charge is -2.07. The van der Waals surface area contributed by atoms with Gasteiger partial charge in [-0.25, -0.2) is 0 Å². The highest BCUT2D eigenvalue weighted by atomic mass is 32.2. The molecule has 0 aliphatic rings. The molecule has 120 valence electrons. The standard InChI is InChI=1S/C17H27F2NS/c1-2-3-4-5-6-7-8-9-14-20-15-10-12-16(13-11-15)21-17(18)19/h10-13,17,20H,2-9,14H2,1H3. The predicted molar refractivity (Wildman–Crippen MR) is 89.4 cm³/mol. The molecule has 0 atom stereocenters. The Morgan fingerprint density at radius 1 is 0.905 bits per heavy atom. The van der Waals surface area contributed by atoms with E-state index in [-0.39, 0.29) is 0 Å². The van der Waals surface area contributed by atoms with Gasteiger partial charge in [0.25, 0.3) is 5.76 Å². The number of benzene rings is 1. The number of thioether (sulfide) groups is 1. The van der Waals surface area contributed by atoms with Crippen molar-refractivity contribution in [3.05, 3.63) is 24.3 Å². The molecule has 0 aliphatic carbocycles. The minimum Gasteiger partial charge on any atom is -0.385 e. The van der Waals surface area contributed by atoms with E-state index in [4.69, 9.17) is 0 Å². The van der Waals surface area contributed by atoms with Gasteiger partial charge in [0.05, 0.1) is 0 Å². The predicted octanol–water partition coefficient (Wildman–Crippen LogP) is 6.55. The van der Waals surface area contributed by atoms with Crippen LogP contribution in [0.2, 0.25) is 0 Å².